The van der Waals surface area contributed by atoms with E-state index < -0.39 is 11.8 Å². The maximum Gasteiger partial charge on any atom is 0.209 e. The Bertz CT molecular complexity index is 133. The molecule has 2 N–H and O–H groups in total. The van der Waals surface area contributed by atoms with Crippen molar-refractivity contribution in [1.82, 2.24) is 0 Å². The fraction of sp³-hybridized carbons (Fsp3) is 1.00. The minimum atomic E-state index is -1.33. The molecule has 0 rings (SSSR count). The van der Waals surface area contributed by atoms with Gasteiger partial charge in [-0.05, 0) is 6.92 Å². The molecule has 0 saturated heterocycles. The predicted molar refractivity (Wildman–Crippen MR) is 48.5 cm³/mol. The second-order valence-corrected chi connectivity index (χ2v) is 4.22. The number of hydrogen-bond donors (Lipinski definition) is 3. The van der Waals surface area contributed by atoms with Crippen LogP contribution in [0.5, 0.6) is 0 Å². The first-order chi connectivity index (χ1) is 4.75. The van der Waals surface area contributed by atoms with Gasteiger partial charge in [0.05, 0.1) is 26.9 Å². The summed E-state index contributed by atoms with van der Waals surface area (Å²) >= 11 is 4.10. The van der Waals surface area contributed by atoms with Crippen molar-refractivity contribution in [3.63, 3.8) is 0 Å². The van der Waals surface area contributed by atoms with Crippen molar-refractivity contribution in [1.29, 1.82) is 0 Å². The first-order valence-electron chi connectivity index (χ1n) is 3.54. The Hall–Kier alpha value is 0.230. The van der Waals surface area contributed by atoms with Crippen LogP contribution in [0.3, 0.4) is 0 Å². The smallest absolute Gasteiger partial charge is 0.209 e. The maximum absolute atomic E-state index is 9.10. The van der Waals surface area contributed by atoms with Gasteiger partial charge in [-0.15, -0.1) is 0 Å². The molecule has 1 atom stereocenters. The number of thiol groups is 1. The van der Waals surface area contributed by atoms with Gasteiger partial charge >= 0.3 is 0 Å². The van der Waals surface area contributed by atoms with Crippen LogP contribution in [0.4, 0.5) is 0 Å². The summed E-state index contributed by atoms with van der Waals surface area (Å²) in [6.07, 6.45) is -1.33. The highest BCUT2D eigenvalue weighted by molar-refractivity contribution is 7.80. The fourth-order valence-corrected chi connectivity index (χ4v) is 1.23. The highest BCUT2D eigenvalue weighted by Gasteiger charge is 2.43. The summed E-state index contributed by atoms with van der Waals surface area (Å²) in [6.45, 7) is 1.80. The van der Waals surface area contributed by atoms with Crippen molar-refractivity contribution in [3.05, 3.63) is 0 Å². The van der Waals surface area contributed by atoms with Crippen molar-refractivity contribution >= 4 is 12.6 Å². The molecule has 0 aromatic carbocycles. The molecule has 0 aliphatic heterocycles. The molecule has 0 heterocycles. The zero-order chi connectivity index (χ0) is 9.28. The number of rotatable bonds is 3. The minimum absolute atomic E-state index is 0.439. The lowest BCUT2D eigenvalue weighted by atomic mass is 10.0. The lowest BCUT2D eigenvalue weighted by Crippen LogP contribution is -2.63. The third-order valence-corrected chi connectivity index (χ3v) is 3.05. The summed E-state index contributed by atoms with van der Waals surface area (Å²) < 4.78 is 0.480. The van der Waals surface area contributed by atoms with E-state index in [0.29, 0.717) is 10.2 Å². The van der Waals surface area contributed by atoms with Crippen LogP contribution < -0.4 is 0 Å². The molecule has 4 heteroatoms. The lowest BCUT2D eigenvalue weighted by Gasteiger charge is -2.43. The topological polar surface area (TPSA) is 40.5 Å². The molecular weight excluding hydrogens is 162 g/mol. The molecule has 0 aromatic heterocycles. The van der Waals surface area contributed by atoms with E-state index in [1.54, 1.807) is 6.92 Å². The molecule has 0 saturated carbocycles. The molecule has 0 amide bonds. The molecular formula is C7H18NO2S+. The molecule has 0 bridgehead atoms. The summed E-state index contributed by atoms with van der Waals surface area (Å²) in [7, 11) is 5.74. The molecule has 0 aromatic rings. The Morgan fingerprint density at radius 2 is 1.73 bits per heavy atom. The van der Waals surface area contributed by atoms with Crippen molar-refractivity contribution in [2.45, 2.75) is 18.8 Å². The minimum Gasteiger partial charge on any atom is -0.363 e. The quantitative estimate of drug-likeness (QED) is 0.317. The van der Waals surface area contributed by atoms with Crippen molar-refractivity contribution in [2.75, 3.05) is 26.9 Å². The summed E-state index contributed by atoms with van der Waals surface area (Å²) in [6, 6.07) is 0. The zero-order valence-corrected chi connectivity index (χ0v) is 8.47. The SMILES string of the molecule is CC(CS)(C(O)O)[N+](C)(C)C. The van der Waals surface area contributed by atoms with Gasteiger partial charge in [0.25, 0.3) is 0 Å². The summed E-state index contributed by atoms with van der Waals surface area (Å²) in [4.78, 5) is 0. The van der Waals surface area contributed by atoms with Gasteiger partial charge in [0, 0.05) is 0 Å². The number of likely N-dealkylation sites (N-methyl/N-ethyl adjacent to an activating group) is 1. The number of nitrogens with zero attached hydrogens (tertiary/aromatic N) is 1. The third-order valence-electron chi connectivity index (χ3n) is 2.41. The maximum atomic E-state index is 9.10. The Morgan fingerprint density at radius 3 is 1.73 bits per heavy atom. The van der Waals surface area contributed by atoms with E-state index in [-0.39, 0.29) is 0 Å². The average Bonchev–Trinajstić information content (AvgIpc) is 1.83. The van der Waals surface area contributed by atoms with Gasteiger partial charge in [0.1, 0.15) is 0 Å². The molecule has 11 heavy (non-hydrogen) atoms. The van der Waals surface area contributed by atoms with E-state index in [1.165, 1.54) is 0 Å². The van der Waals surface area contributed by atoms with Crippen LogP contribution in [-0.4, -0.2) is 53.4 Å². The van der Waals surface area contributed by atoms with E-state index in [2.05, 4.69) is 12.6 Å². The zero-order valence-electron chi connectivity index (χ0n) is 7.57. The second-order valence-electron chi connectivity index (χ2n) is 3.90. The van der Waals surface area contributed by atoms with Gasteiger partial charge in [-0.3, -0.25) is 0 Å². The van der Waals surface area contributed by atoms with E-state index >= 15 is 0 Å². The normalized spacial score (nSPS) is 18.5. The number of hydrogen-bond acceptors (Lipinski definition) is 3. The fourth-order valence-electron chi connectivity index (χ4n) is 0.640. The van der Waals surface area contributed by atoms with Crippen LogP contribution in [0.25, 0.3) is 0 Å². The molecule has 68 valence electrons. The van der Waals surface area contributed by atoms with E-state index in [9.17, 15) is 0 Å². The van der Waals surface area contributed by atoms with Crippen LogP contribution in [0.2, 0.25) is 0 Å². The predicted octanol–water partition coefficient (Wildman–Crippen LogP) is -0.308. The van der Waals surface area contributed by atoms with Crippen LogP contribution in [0, 0.1) is 0 Å². The number of aliphatic hydroxyl groups is 2. The molecule has 0 radical (unpaired) electrons. The molecule has 0 spiro atoms. The Labute approximate surface area is 73.6 Å². The van der Waals surface area contributed by atoms with Crippen LogP contribution in [0.1, 0.15) is 6.92 Å². The Balaban J connectivity index is 4.61. The average molecular weight is 180 g/mol. The van der Waals surface area contributed by atoms with Crippen molar-refractivity contribution in [2.24, 2.45) is 0 Å². The van der Waals surface area contributed by atoms with Crippen molar-refractivity contribution < 1.29 is 14.7 Å². The highest BCUT2D eigenvalue weighted by Crippen LogP contribution is 2.22. The molecule has 0 aliphatic rings. The van der Waals surface area contributed by atoms with Gasteiger partial charge in [-0.25, -0.2) is 0 Å². The summed E-state index contributed by atoms with van der Waals surface area (Å²) in [5, 5.41) is 18.2. The van der Waals surface area contributed by atoms with Crippen LogP contribution >= 0.6 is 12.6 Å². The molecule has 0 aliphatic carbocycles. The van der Waals surface area contributed by atoms with Gasteiger partial charge in [-0.2, -0.15) is 12.6 Å². The molecule has 3 nitrogen and oxygen atoms in total. The van der Waals surface area contributed by atoms with E-state index in [1.807, 2.05) is 21.1 Å². The third kappa shape index (κ3) is 2.08. The van der Waals surface area contributed by atoms with Gasteiger partial charge in [0.2, 0.25) is 6.29 Å². The standard InChI is InChI=1S/C7H17NO2S/c1-7(5-11,6(9)10)8(2,3)4/h6,9-10H,5H2,1-4H3/p+1. The highest BCUT2D eigenvalue weighted by atomic mass is 32.1. The largest absolute Gasteiger partial charge is 0.363 e. The van der Waals surface area contributed by atoms with Gasteiger partial charge in [-0.1, -0.05) is 0 Å². The molecule has 1 unspecified atom stereocenters. The monoisotopic (exact) mass is 180 g/mol. The van der Waals surface area contributed by atoms with Gasteiger partial charge in [0.15, 0.2) is 5.54 Å². The van der Waals surface area contributed by atoms with E-state index in [0.717, 1.165) is 0 Å². The lowest BCUT2D eigenvalue weighted by molar-refractivity contribution is -0.926. The van der Waals surface area contributed by atoms with Crippen LogP contribution in [0.15, 0.2) is 0 Å². The second kappa shape index (κ2) is 3.31. The summed E-state index contributed by atoms with van der Waals surface area (Å²) in [5.41, 5.74) is -0.608. The first kappa shape index (κ1) is 11.2. The molecule has 0 fully saturated rings. The van der Waals surface area contributed by atoms with Crippen molar-refractivity contribution in [3.8, 4) is 0 Å². The number of aliphatic hydroxyl groups excluding tert-OH is 1. The Kier molecular flexibility index (Phi) is 3.38. The first-order valence-corrected chi connectivity index (χ1v) is 4.17. The number of quaternary nitrogens is 1. The Morgan fingerprint density at radius 1 is 1.36 bits per heavy atom. The van der Waals surface area contributed by atoms with Crippen LogP contribution in [-0.2, 0) is 0 Å². The van der Waals surface area contributed by atoms with E-state index in [4.69, 9.17) is 10.2 Å². The van der Waals surface area contributed by atoms with Gasteiger partial charge < -0.3 is 14.7 Å². The summed E-state index contributed by atoms with van der Waals surface area (Å²) in [5.74, 6) is 0.439.